The second-order valence-corrected chi connectivity index (χ2v) is 5.44. The second-order valence-electron chi connectivity index (χ2n) is 2.92. The van der Waals surface area contributed by atoms with E-state index in [1.807, 2.05) is 0 Å². The number of carboxylic acid groups (broad SMARTS) is 2. The molecule has 3 N–H and O–H groups in total. The number of hydrogen-bond acceptors (Lipinski definition) is 5. The van der Waals surface area contributed by atoms with Crippen LogP contribution in [0.1, 0.15) is 0 Å². The second kappa shape index (κ2) is 6.95. The van der Waals surface area contributed by atoms with Crippen LogP contribution in [0.15, 0.2) is 0 Å². The number of alkyl halides is 4. The Kier molecular flexibility index (Phi) is 6.94. The zero-order valence-electron chi connectivity index (χ0n) is 8.48. The molecule has 7 nitrogen and oxygen atoms in total. The molecule has 0 aromatic carbocycles. The monoisotopic (exact) mass is 344 g/mol. The van der Waals surface area contributed by atoms with Crippen molar-refractivity contribution >= 4 is 58.3 Å². The summed E-state index contributed by atoms with van der Waals surface area (Å²) in [4.78, 5) is 20.8. The molecule has 0 saturated carbocycles. The van der Waals surface area contributed by atoms with E-state index in [0.29, 0.717) is 0 Å². The Morgan fingerprint density at radius 3 is 1.44 bits per heavy atom. The molecule has 0 fully saturated rings. The maximum Gasteiger partial charge on any atom is 0.368 e. The van der Waals surface area contributed by atoms with Crippen molar-refractivity contribution in [2.45, 2.75) is 15.1 Å². The van der Waals surface area contributed by atoms with E-state index in [9.17, 15) is 14.7 Å². The van der Waals surface area contributed by atoms with Gasteiger partial charge in [0.2, 0.25) is 0 Å². The predicted molar refractivity (Wildman–Crippen MR) is 62.1 cm³/mol. The first-order valence-corrected chi connectivity index (χ1v) is 5.68. The standard InChI is InChI=1S/C7H8Cl4O7/c8-6(9,4(13)14)17-1-3(12)2-18-7(10,11)5(15)16/h3,12H,1-2H2,(H,13,14)(H,15,16). The van der Waals surface area contributed by atoms with Gasteiger partial charge in [0.1, 0.15) is 6.10 Å². The molecule has 0 bridgehead atoms. The zero-order chi connectivity index (χ0) is 14.6. The minimum Gasteiger partial charge on any atom is -0.477 e. The van der Waals surface area contributed by atoms with Crippen molar-refractivity contribution in [3.05, 3.63) is 0 Å². The molecule has 0 aliphatic rings. The summed E-state index contributed by atoms with van der Waals surface area (Å²) >= 11 is 20.8. The first kappa shape index (κ1) is 18.0. The number of ether oxygens (including phenoxy) is 2. The summed E-state index contributed by atoms with van der Waals surface area (Å²) in [7, 11) is 0. The van der Waals surface area contributed by atoms with Gasteiger partial charge >= 0.3 is 21.0 Å². The van der Waals surface area contributed by atoms with E-state index in [1.165, 1.54) is 0 Å². The van der Waals surface area contributed by atoms with Gasteiger partial charge in [0.05, 0.1) is 13.2 Å². The normalized spacial score (nSPS) is 12.8. The van der Waals surface area contributed by atoms with Crippen LogP contribution in [0.2, 0.25) is 0 Å². The maximum absolute atomic E-state index is 10.4. The summed E-state index contributed by atoms with van der Waals surface area (Å²) in [6, 6.07) is 0. The third-order valence-electron chi connectivity index (χ3n) is 1.41. The van der Waals surface area contributed by atoms with E-state index in [-0.39, 0.29) is 0 Å². The summed E-state index contributed by atoms with van der Waals surface area (Å²) in [5, 5.41) is 26.2. The number of aliphatic hydroxyl groups is 1. The molecule has 11 heteroatoms. The van der Waals surface area contributed by atoms with Gasteiger partial charge in [-0.3, -0.25) is 0 Å². The molecule has 0 aromatic heterocycles. The van der Waals surface area contributed by atoms with E-state index >= 15 is 0 Å². The van der Waals surface area contributed by atoms with Crippen molar-refractivity contribution in [2.24, 2.45) is 0 Å². The molecule has 0 aliphatic heterocycles. The Bertz CT molecular complexity index is 289. The fraction of sp³-hybridized carbons (Fsp3) is 0.714. The van der Waals surface area contributed by atoms with Gasteiger partial charge in [0.25, 0.3) is 0 Å². The topological polar surface area (TPSA) is 113 Å². The molecule has 0 rings (SSSR count). The number of aliphatic hydroxyl groups excluding tert-OH is 1. The maximum atomic E-state index is 10.4. The largest absolute Gasteiger partial charge is 0.477 e. The molecule has 0 saturated heterocycles. The summed E-state index contributed by atoms with van der Waals surface area (Å²) in [6.45, 7) is -1.27. The lowest BCUT2D eigenvalue weighted by atomic mass is 10.4. The molecule has 0 spiro atoms. The van der Waals surface area contributed by atoms with E-state index in [1.54, 1.807) is 0 Å². The van der Waals surface area contributed by atoms with Crippen molar-refractivity contribution in [3.8, 4) is 0 Å². The van der Waals surface area contributed by atoms with Crippen molar-refractivity contribution in [3.63, 3.8) is 0 Å². The van der Waals surface area contributed by atoms with E-state index in [0.717, 1.165) is 0 Å². The predicted octanol–water partition coefficient (Wildman–Crippen LogP) is 0.812. The molecule has 0 atom stereocenters. The fourth-order valence-electron chi connectivity index (χ4n) is 0.573. The van der Waals surface area contributed by atoms with Crippen LogP contribution in [0, 0.1) is 0 Å². The van der Waals surface area contributed by atoms with Crippen LogP contribution >= 0.6 is 46.4 Å². The molecule has 0 radical (unpaired) electrons. The van der Waals surface area contributed by atoms with Crippen LogP contribution in [0.3, 0.4) is 0 Å². The van der Waals surface area contributed by atoms with E-state index in [4.69, 9.17) is 56.6 Å². The lowest BCUT2D eigenvalue weighted by Gasteiger charge is -2.20. The summed E-state index contributed by atoms with van der Waals surface area (Å²) in [5.74, 6) is -3.35. The Balaban J connectivity index is 4.11. The number of carboxylic acids is 2. The van der Waals surface area contributed by atoms with Gasteiger partial charge in [-0.2, -0.15) is 0 Å². The van der Waals surface area contributed by atoms with Crippen LogP contribution in [0.4, 0.5) is 0 Å². The Morgan fingerprint density at radius 1 is 0.944 bits per heavy atom. The first-order chi connectivity index (χ1) is 7.99. The molecule has 0 amide bonds. The van der Waals surface area contributed by atoms with Gasteiger partial charge in [0.15, 0.2) is 0 Å². The molecule has 0 unspecified atom stereocenters. The highest BCUT2D eigenvalue weighted by Gasteiger charge is 2.37. The van der Waals surface area contributed by atoms with Crippen LogP contribution in [0.5, 0.6) is 0 Å². The Hall–Kier alpha value is -0.0200. The third-order valence-corrected chi connectivity index (χ3v) is 2.50. The Labute approximate surface area is 121 Å². The summed E-state index contributed by atoms with van der Waals surface area (Å²) in [5.41, 5.74) is 0. The van der Waals surface area contributed by atoms with Gasteiger partial charge in [-0.15, -0.1) is 0 Å². The number of rotatable bonds is 8. The molecule has 106 valence electrons. The number of carbonyl (C=O) groups is 2. The third kappa shape index (κ3) is 6.24. The average molecular weight is 346 g/mol. The van der Waals surface area contributed by atoms with Crippen molar-refractivity contribution in [2.75, 3.05) is 13.2 Å². The smallest absolute Gasteiger partial charge is 0.368 e. The highest BCUT2D eigenvalue weighted by molar-refractivity contribution is 6.56. The fourth-order valence-corrected chi connectivity index (χ4v) is 0.825. The van der Waals surface area contributed by atoms with Crippen LogP contribution in [-0.2, 0) is 19.1 Å². The van der Waals surface area contributed by atoms with Gasteiger partial charge in [0, 0.05) is 0 Å². The highest BCUT2D eigenvalue weighted by Crippen LogP contribution is 2.24. The Morgan fingerprint density at radius 2 is 1.22 bits per heavy atom. The minimum atomic E-state index is -2.53. The van der Waals surface area contributed by atoms with E-state index in [2.05, 4.69) is 9.47 Å². The SMILES string of the molecule is O=C(O)C(Cl)(Cl)OCC(O)COC(Cl)(Cl)C(=O)O. The average Bonchev–Trinajstić information content (AvgIpc) is 2.23. The van der Waals surface area contributed by atoms with Crippen molar-refractivity contribution in [1.29, 1.82) is 0 Å². The molecule has 0 aromatic rings. The van der Waals surface area contributed by atoms with Crippen LogP contribution < -0.4 is 0 Å². The quantitative estimate of drug-likeness (QED) is 0.558. The van der Waals surface area contributed by atoms with Crippen LogP contribution in [0.25, 0.3) is 0 Å². The number of hydrogen-bond donors (Lipinski definition) is 3. The lowest BCUT2D eigenvalue weighted by molar-refractivity contribution is -0.153. The molecular weight excluding hydrogens is 338 g/mol. The minimum absolute atomic E-state index is 0.636. The summed E-state index contributed by atoms with van der Waals surface area (Å²) in [6.07, 6.45) is -1.43. The van der Waals surface area contributed by atoms with Gasteiger partial charge in [-0.1, -0.05) is 46.4 Å². The molecule has 0 aliphatic carbocycles. The van der Waals surface area contributed by atoms with Gasteiger partial charge in [-0.05, 0) is 0 Å². The molecule has 18 heavy (non-hydrogen) atoms. The number of halogens is 4. The molecular formula is C7H8Cl4O7. The van der Waals surface area contributed by atoms with E-state index < -0.39 is 40.3 Å². The highest BCUT2D eigenvalue weighted by atomic mass is 35.5. The van der Waals surface area contributed by atoms with Gasteiger partial charge < -0.3 is 24.8 Å². The van der Waals surface area contributed by atoms with Crippen LogP contribution in [-0.4, -0.2) is 55.6 Å². The summed E-state index contributed by atoms with van der Waals surface area (Å²) < 4.78 is 3.82. The molecule has 0 heterocycles. The van der Waals surface area contributed by atoms with Crippen molar-refractivity contribution in [1.82, 2.24) is 0 Å². The first-order valence-electron chi connectivity index (χ1n) is 4.17. The van der Waals surface area contributed by atoms with Crippen molar-refractivity contribution < 1.29 is 34.4 Å². The van der Waals surface area contributed by atoms with Gasteiger partial charge in [-0.25, -0.2) is 9.59 Å². The lowest BCUT2D eigenvalue weighted by Crippen LogP contribution is -2.37. The number of aliphatic carboxylic acids is 2. The zero-order valence-corrected chi connectivity index (χ0v) is 11.5.